The van der Waals surface area contributed by atoms with Crippen molar-refractivity contribution in [2.75, 3.05) is 18.6 Å². The van der Waals surface area contributed by atoms with Gasteiger partial charge < -0.3 is 4.74 Å². The number of esters is 1. The van der Waals surface area contributed by atoms with E-state index in [1.165, 1.54) is 37.3 Å². The van der Waals surface area contributed by atoms with Crippen molar-refractivity contribution >= 4 is 23.6 Å². The summed E-state index contributed by atoms with van der Waals surface area (Å²) < 4.78 is 44.8. The molecular formula is C21H15F3N3O4. The zero-order valence-electron chi connectivity index (χ0n) is 16.4. The molecule has 2 aromatic carbocycles. The molecule has 0 spiro atoms. The molecule has 1 heterocycles. The summed E-state index contributed by atoms with van der Waals surface area (Å²) in [5.41, 5.74) is -3.66. The molecule has 0 bridgehead atoms. The Balaban J connectivity index is 2.17. The third-order valence-electron chi connectivity index (χ3n) is 5.06. The van der Waals surface area contributed by atoms with Crippen LogP contribution in [0.1, 0.15) is 23.6 Å². The summed E-state index contributed by atoms with van der Waals surface area (Å²) in [7, 11) is 1.10. The molecule has 1 aliphatic heterocycles. The number of halogens is 3. The predicted octanol–water partition coefficient (Wildman–Crippen LogP) is 3.23. The van der Waals surface area contributed by atoms with E-state index in [0.29, 0.717) is 16.5 Å². The van der Waals surface area contributed by atoms with Crippen LogP contribution in [0.15, 0.2) is 42.5 Å². The standard InChI is InChI=1S/C21H15F3N3O4/c1-20(14-6-4-3-5-7-14)18(29)27(19(30)26(20)12-17(28)31-2)15-9-8-13(11-25)16(10-15)21(22,23)24/h4-10H,12H2,1-2H3. The first kappa shape index (κ1) is 21.8. The Kier molecular flexibility index (Phi) is 5.46. The average molecular weight is 430 g/mol. The maximum Gasteiger partial charge on any atom is 0.417 e. The van der Waals surface area contributed by atoms with Crippen LogP contribution in [0.5, 0.6) is 0 Å². The maximum atomic E-state index is 13.4. The molecule has 1 unspecified atom stereocenters. The van der Waals surface area contributed by atoms with Crippen LogP contribution in [0.4, 0.5) is 23.7 Å². The van der Waals surface area contributed by atoms with Crippen LogP contribution >= 0.6 is 0 Å². The van der Waals surface area contributed by atoms with Gasteiger partial charge in [0.05, 0.1) is 30.0 Å². The fourth-order valence-electron chi connectivity index (χ4n) is 3.37. The molecule has 1 aliphatic rings. The minimum Gasteiger partial charge on any atom is -0.468 e. The van der Waals surface area contributed by atoms with E-state index in [1.54, 1.807) is 0 Å². The van der Waals surface area contributed by atoms with Gasteiger partial charge in [-0.05, 0) is 36.8 Å². The summed E-state index contributed by atoms with van der Waals surface area (Å²) in [6.07, 6.45) is -4.88. The molecule has 10 heteroatoms. The second-order valence-corrected chi connectivity index (χ2v) is 6.79. The van der Waals surface area contributed by atoms with E-state index < -0.39 is 47.3 Å². The van der Waals surface area contributed by atoms with Crippen molar-refractivity contribution in [1.29, 1.82) is 5.26 Å². The van der Waals surface area contributed by atoms with Crippen LogP contribution in [-0.4, -0.2) is 36.5 Å². The van der Waals surface area contributed by atoms with Crippen molar-refractivity contribution in [3.8, 4) is 6.07 Å². The van der Waals surface area contributed by atoms with E-state index in [4.69, 9.17) is 5.26 Å². The van der Waals surface area contributed by atoms with E-state index in [0.717, 1.165) is 24.1 Å². The molecule has 1 saturated heterocycles. The second-order valence-electron chi connectivity index (χ2n) is 6.79. The molecule has 3 amide bonds. The number of carbonyl (C=O) groups excluding carboxylic acids is 3. The van der Waals surface area contributed by atoms with Crippen LogP contribution in [-0.2, 0) is 26.0 Å². The zero-order chi connectivity index (χ0) is 23.0. The van der Waals surface area contributed by atoms with Crippen molar-refractivity contribution < 1.29 is 32.3 Å². The van der Waals surface area contributed by atoms with Gasteiger partial charge in [-0.3, -0.25) is 14.5 Å². The van der Waals surface area contributed by atoms with Crippen molar-refractivity contribution in [2.24, 2.45) is 0 Å². The number of alkyl halides is 3. The first-order valence-electron chi connectivity index (χ1n) is 8.86. The molecule has 0 aromatic heterocycles. The van der Waals surface area contributed by atoms with Gasteiger partial charge in [0, 0.05) is 0 Å². The molecule has 2 aromatic rings. The van der Waals surface area contributed by atoms with E-state index >= 15 is 0 Å². The van der Waals surface area contributed by atoms with Gasteiger partial charge in [0.15, 0.2) is 0 Å². The Labute approximate surface area is 175 Å². The topological polar surface area (TPSA) is 90.7 Å². The number of benzene rings is 2. The number of hydrogen-bond acceptors (Lipinski definition) is 5. The third kappa shape index (κ3) is 3.59. The highest BCUT2D eigenvalue weighted by Crippen LogP contribution is 2.41. The Morgan fingerprint density at radius 2 is 1.87 bits per heavy atom. The SMILES string of the molecule is COC(=O)CN1C(=O)N(c2ccc(C#N)c(C(F)(F)F)c2)C(=O)C1(C)c1cc[c]cc1. The Bertz CT molecular complexity index is 1100. The minimum atomic E-state index is -4.88. The fraction of sp³-hybridized carbons (Fsp3) is 0.238. The number of amides is 3. The number of rotatable bonds is 4. The molecule has 3 rings (SSSR count). The number of carbonyl (C=O) groups is 3. The number of nitrogens with zero attached hydrogens (tertiary/aromatic N) is 3. The highest BCUT2D eigenvalue weighted by Gasteiger charge is 2.56. The number of anilines is 1. The van der Waals surface area contributed by atoms with Gasteiger partial charge in [-0.25, -0.2) is 9.69 Å². The monoisotopic (exact) mass is 430 g/mol. The van der Waals surface area contributed by atoms with Crippen LogP contribution in [0, 0.1) is 17.4 Å². The average Bonchev–Trinajstić information content (AvgIpc) is 2.94. The van der Waals surface area contributed by atoms with E-state index in [2.05, 4.69) is 10.8 Å². The van der Waals surface area contributed by atoms with E-state index in [9.17, 15) is 27.6 Å². The smallest absolute Gasteiger partial charge is 0.417 e. The van der Waals surface area contributed by atoms with Gasteiger partial charge in [0.1, 0.15) is 12.1 Å². The summed E-state index contributed by atoms with van der Waals surface area (Å²) >= 11 is 0. The van der Waals surface area contributed by atoms with E-state index in [-0.39, 0.29) is 5.69 Å². The first-order valence-corrected chi connectivity index (χ1v) is 8.86. The van der Waals surface area contributed by atoms with Crippen molar-refractivity contribution in [3.63, 3.8) is 0 Å². The number of hydrogen-bond donors (Lipinski definition) is 0. The minimum absolute atomic E-state index is 0.334. The summed E-state index contributed by atoms with van der Waals surface area (Å²) in [4.78, 5) is 39.9. The van der Waals surface area contributed by atoms with Crippen LogP contribution in [0.25, 0.3) is 0 Å². The Morgan fingerprint density at radius 1 is 1.23 bits per heavy atom. The highest BCUT2D eigenvalue weighted by molar-refractivity contribution is 6.23. The number of nitriles is 1. The van der Waals surface area contributed by atoms with Crippen molar-refractivity contribution in [2.45, 2.75) is 18.6 Å². The molecule has 1 radical (unpaired) electrons. The molecule has 31 heavy (non-hydrogen) atoms. The number of ether oxygens (including phenoxy) is 1. The lowest BCUT2D eigenvalue weighted by Gasteiger charge is -2.31. The first-order chi connectivity index (χ1) is 14.6. The van der Waals surface area contributed by atoms with Gasteiger partial charge in [0.2, 0.25) is 0 Å². The fourth-order valence-corrected chi connectivity index (χ4v) is 3.37. The molecular weight excluding hydrogens is 415 g/mol. The zero-order valence-corrected chi connectivity index (χ0v) is 16.4. The van der Waals surface area contributed by atoms with Gasteiger partial charge >= 0.3 is 18.2 Å². The largest absolute Gasteiger partial charge is 0.468 e. The molecule has 0 aliphatic carbocycles. The summed E-state index contributed by atoms with van der Waals surface area (Å²) in [6.45, 7) is 0.787. The number of methoxy groups -OCH3 is 1. The van der Waals surface area contributed by atoms with Gasteiger partial charge in [-0.1, -0.05) is 24.3 Å². The normalized spacial score (nSPS) is 18.8. The Hall–Kier alpha value is -3.87. The third-order valence-corrected chi connectivity index (χ3v) is 5.06. The second kappa shape index (κ2) is 7.75. The van der Waals surface area contributed by atoms with Crippen LogP contribution in [0.3, 0.4) is 0 Å². The summed E-state index contributed by atoms with van der Waals surface area (Å²) in [6, 6.07) is 11.8. The molecule has 1 fully saturated rings. The lowest BCUT2D eigenvalue weighted by atomic mass is 9.90. The maximum absolute atomic E-state index is 13.4. The molecule has 7 nitrogen and oxygen atoms in total. The van der Waals surface area contributed by atoms with E-state index in [1.807, 2.05) is 0 Å². The molecule has 0 N–H and O–H groups in total. The highest BCUT2D eigenvalue weighted by atomic mass is 19.4. The van der Waals surface area contributed by atoms with Crippen molar-refractivity contribution in [1.82, 2.24) is 4.90 Å². The molecule has 159 valence electrons. The summed E-state index contributed by atoms with van der Waals surface area (Å²) in [5.74, 6) is -1.67. The van der Waals surface area contributed by atoms with Crippen molar-refractivity contribution in [3.05, 3.63) is 65.2 Å². The molecule has 1 atom stereocenters. The summed E-state index contributed by atoms with van der Waals surface area (Å²) in [5, 5.41) is 8.98. The van der Waals surface area contributed by atoms with Crippen LogP contribution < -0.4 is 4.90 Å². The van der Waals surface area contributed by atoms with Gasteiger partial charge in [-0.2, -0.15) is 18.4 Å². The quantitative estimate of drug-likeness (QED) is 0.549. The number of imide groups is 1. The lowest BCUT2D eigenvalue weighted by Crippen LogP contribution is -2.46. The predicted molar refractivity (Wildman–Crippen MR) is 100 cm³/mol. The van der Waals surface area contributed by atoms with Crippen LogP contribution in [0.2, 0.25) is 0 Å². The van der Waals surface area contributed by atoms with Gasteiger partial charge in [-0.15, -0.1) is 0 Å². The lowest BCUT2D eigenvalue weighted by molar-refractivity contribution is -0.143. The van der Waals surface area contributed by atoms with Gasteiger partial charge in [0.25, 0.3) is 5.91 Å². The number of urea groups is 1. The molecule has 0 saturated carbocycles. The Morgan fingerprint density at radius 3 is 2.42 bits per heavy atom.